The summed E-state index contributed by atoms with van der Waals surface area (Å²) in [7, 11) is 1.39. The summed E-state index contributed by atoms with van der Waals surface area (Å²) in [5.74, 6) is -1.56. The van der Waals surface area contributed by atoms with Gasteiger partial charge < -0.3 is 9.84 Å². The Labute approximate surface area is 104 Å². The first kappa shape index (κ1) is 11.8. The van der Waals surface area contributed by atoms with Gasteiger partial charge in [-0.1, -0.05) is 0 Å². The number of halogens is 2. The molecule has 2 aromatic rings. The first-order valence-corrected chi connectivity index (χ1v) is 5.40. The minimum absolute atomic E-state index is 0.0314. The Morgan fingerprint density at radius 3 is 2.82 bits per heavy atom. The molecule has 88 valence electrons. The third-order valence-electron chi connectivity index (χ3n) is 2.26. The highest BCUT2D eigenvalue weighted by molar-refractivity contribution is 9.10. The molecule has 0 spiro atoms. The summed E-state index contributed by atoms with van der Waals surface area (Å²) in [6, 6.07) is 3.99. The van der Waals surface area contributed by atoms with Gasteiger partial charge in [0.2, 0.25) is 0 Å². The number of carboxylic acids is 1. The third-order valence-corrected chi connectivity index (χ3v) is 2.92. The van der Waals surface area contributed by atoms with Crippen molar-refractivity contribution in [2.45, 2.75) is 0 Å². The number of fused-ring (bicyclic) bond motifs is 1. The van der Waals surface area contributed by atoms with Crippen molar-refractivity contribution in [3.8, 4) is 5.75 Å². The lowest BCUT2D eigenvalue weighted by Gasteiger charge is -2.08. The van der Waals surface area contributed by atoms with Crippen LogP contribution in [0.2, 0.25) is 0 Å². The lowest BCUT2D eigenvalue weighted by atomic mass is 10.1. The van der Waals surface area contributed by atoms with Crippen LogP contribution in [0, 0.1) is 5.82 Å². The molecule has 17 heavy (non-hydrogen) atoms. The van der Waals surface area contributed by atoms with Gasteiger partial charge in [0.05, 0.1) is 12.5 Å². The van der Waals surface area contributed by atoms with Gasteiger partial charge in [0.25, 0.3) is 0 Å². The van der Waals surface area contributed by atoms with E-state index < -0.39 is 11.8 Å². The fraction of sp³-hybridized carbons (Fsp3) is 0.0909. The van der Waals surface area contributed by atoms with Crippen LogP contribution in [0.25, 0.3) is 10.9 Å². The van der Waals surface area contributed by atoms with Crippen LogP contribution in [0.15, 0.2) is 22.7 Å². The maximum absolute atomic E-state index is 13.6. The summed E-state index contributed by atoms with van der Waals surface area (Å²) in [4.78, 5) is 14.6. The number of methoxy groups -OCH3 is 1. The summed E-state index contributed by atoms with van der Waals surface area (Å²) in [6.45, 7) is 0. The van der Waals surface area contributed by atoms with Crippen molar-refractivity contribution < 1.29 is 19.0 Å². The number of carboxylic acid groups (broad SMARTS) is 1. The van der Waals surface area contributed by atoms with E-state index >= 15 is 0 Å². The van der Waals surface area contributed by atoms with E-state index in [1.807, 2.05) is 0 Å². The molecule has 0 atom stereocenters. The lowest BCUT2D eigenvalue weighted by Crippen LogP contribution is -2.03. The molecule has 1 aromatic heterocycles. The second-order valence-corrected chi connectivity index (χ2v) is 4.12. The average Bonchev–Trinajstić information content (AvgIpc) is 2.32. The van der Waals surface area contributed by atoms with Gasteiger partial charge in [0.15, 0.2) is 5.69 Å². The molecule has 0 aliphatic carbocycles. The molecule has 1 aromatic carbocycles. The molecule has 0 unspecified atom stereocenters. The van der Waals surface area contributed by atoms with Crippen molar-refractivity contribution in [2.24, 2.45) is 0 Å². The number of pyridine rings is 1. The summed E-state index contributed by atoms with van der Waals surface area (Å²) >= 11 is 3.25. The number of nitrogens with zero attached hydrogens (tertiary/aromatic N) is 1. The summed E-state index contributed by atoms with van der Waals surface area (Å²) < 4.78 is 19.2. The Balaban J connectivity index is 2.91. The molecule has 1 N–H and O–H groups in total. The minimum atomic E-state index is -1.23. The quantitative estimate of drug-likeness (QED) is 0.926. The monoisotopic (exact) mass is 299 g/mol. The zero-order valence-electron chi connectivity index (χ0n) is 8.70. The number of carbonyl (C=O) groups is 1. The van der Waals surface area contributed by atoms with E-state index in [-0.39, 0.29) is 17.0 Å². The molecule has 0 saturated carbocycles. The van der Waals surface area contributed by atoms with E-state index in [9.17, 15) is 9.18 Å². The van der Waals surface area contributed by atoms with Crippen LogP contribution < -0.4 is 4.74 Å². The van der Waals surface area contributed by atoms with Gasteiger partial charge in [0, 0.05) is 10.5 Å². The average molecular weight is 300 g/mol. The largest absolute Gasteiger partial charge is 0.496 e. The normalized spacial score (nSPS) is 10.5. The summed E-state index contributed by atoms with van der Waals surface area (Å²) in [5.41, 5.74) is -0.289. The Bertz CT molecular complexity index is 615. The molecule has 0 aliphatic heterocycles. The van der Waals surface area contributed by atoms with Crippen molar-refractivity contribution in [1.29, 1.82) is 0 Å². The third kappa shape index (κ3) is 1.95. The number of aromatic carboxylic acids is 1. The van der Waals surface area contributed by atoms with Gasteiger partial charge in [-0.25, -0.2) is 14.2 Å². The molecule has 4 nitrogen and oxygen atoms in total. The number of hydrogen-bond donors (Lipinski definition) is 1. The van der Waals surface area contributed by atoms with Crippen molar-refractivity contribution in [1.82, 2.24) is 4.98 Å². The second kappa shape index (κ2) is 4.29. The first-order chi connectivity index (χ1) is 8.04. The van der Waals surface area contributed by atoms with Gasteiger partial charge in [-0.3, -0.25) is 0 Å². The fourth-order valence-corrected chi connectivity index (χ4v) is 2.02. The van der Waals surface area contributed by atoms with E-state index in [0.717, 1.165) is 0 Å². The van der Waals surface area contributed by atoms with Gasteiger partial charge in [-0.15, -0.1) is 0 Å². The molecular weight excluding hydrogens is 293 g/mol. The predicted octanol–water partition coefficient (Wildman–Crippen LogP) is 2.84. The maximum Gasteiger partial charge on any atom is 0.354 e. The number of aromatic nitrogens is 1. The molecule has 1 heterocycles. The number of benzene rings is 1. The molecule has 0 aliphatic rings. The molecule has 0 saturated heterocycles. The first-order valence-electron chi connectivity index (χ1n) is 4.60. The van der Waals surface area contributed by atoms with Crippen LogP contribution in [0.4, 0.5) is 4.39 Å². The molecular formula is C11H7BrFNO3. The number of rotatable bonds is 2. The standard InChI is InChI=1S/C11H7BrFNO3/c1-17-8-4-7(11(15)16)14-10-6(13)3-2-5(12)9(8)10/h2-4H,1H3,(H,15,16). The number of hydrogen-bond acceptors (Lipinski definition) is 3. The van der Waals surface area contributed by atoms with E-state index in [0.29, 0.717) is 9.86 Å². The lowest BCUT2D eigenvalue weighted by molar-refractivity contribution is 0.0690. The van der Waals surface area contributed by atoms with Gasteiger partial charge >= 0.3 is 5.97 Å². The van der Waals surface area contributed by atoms with E-state index in [2.05, 4.69) is 20.9 Å². The second-order valence-electron chi connectivity index (χ2n) is 3.27. The van der Waals surface area contributed by atoms with Crippen LogP contribution in [0.1, 0.15) is 10.5 Å². The Kier molecular flexibility index (Phi) is 2.97. The molecule has 0 fully saturated rings. The molecule has 0 radical (unpaired) electrons. The van der Waals surface area contributed by atoms with Crippen molar-refractivity contribution in [2.75, 3.05) is 7.11 Å². The Morgan fingerprint density at radius 2 is 2.24 bits per heavy atom. The highest BCUT2D eigenvalue weighted by Gasteiger charge is 2.16. The van der Waals surface area contributed by atoms with Crippen molar-refractivity contribution >= 4 is 32.8 Å². The van der Waals surface area contributed by atoms with Gasteiger partial charge in [0.1, 0.15) is 17.1 Å². The zero-order valence-corrected chi connectivity index (χ0v) is 10.3. The van der Waals surface area contributed by atoms with Crippen LogP contribution in [0.3, 0.4) is 0 Å². The van der Waals surface area contributed by atoms with Crippen molar-refractivity contribution in [3.63, 3.8) is 0 Å². The summed E-state index contributed by atoms with van der Waals surface area (Å²) in [5, 5.41) is 9.29. The topological polar surface area (TPSA) is 59.4 Å². The minimum Gasteiger partial charge on any atom is -0.496 e. The van der Waals surface area contributed by atoms with E-state index in [1.54, 1.807) is 0 Å². The summed E-state index contributed by atoms with van der Waals surface area (Å²) in [6.07, 6.45) is 0. The van der Waals surface area contributed by atoms with Crippen LogP contribution in [-0.2, 0) is 0 Å². The highest BCUT2D eigenvalue weighted by Crippen LogP contribution is 2.33. The van der Waals surface area contributed by atoms with E-state index in [4.69, 9.17) is 9.84 Å². The molecule has 0 bridgehead atoms. The molecule has 2 rings (SSSR count). The Morgan fingerprint density at radius 1 is 1.53 bits per heavy atom. The van der Waals surface area contributed by atoms with Crippen molar-refractivity contribution in [3.05, 3.63) is 34.2 Å². The predicted molar refractivity (Wildman–Crippen MR) is 62.9 cm³/mol. The van der Waals surface area contributed by atoms with Crippen LogP contribution in [-0.4, -0.2) is 23.2 Å². The van der Waals surface area contributed by atoms with Gasteiger partial charge in [-0.05, 0) is 28.1 Å². The fourth-order valence-electron chi connectivity index (χ4n) is 1.50. The van der Waals surface area contributed by atoms with E-state index in [1.165, 1.54) is 25.3 Å². The molecule has 6 heteroatoms. The van der Waals surface area contributed by atoms with Crippen LogP contribution in [0.5, 0.6) is 5.75 Å². The Hall–Kier alpha value is -1.69. The SMILES string of the molecule is COc1cc(C(=O)O)nc2c(F)ccc(Br)c12. The van der Waals surface area contributed by atoms with Crippen LogP contribution >= 0.6 is 15.9 Å². The zero-order chi connectivity index (χ0) is 12.6. The number of ether oxygens (including phenoxy) is 1. The highest BCUT2D eigenvalue weighted by atomic mass is 79.9. The van der Waals surface area contributed by atoms with Gasteiger partial charge in [-0.2, -0.15) is 0 Å². The smallest absolute Gasteiger partial charge is 0.354 e. The maximum atomic E-state index is 13.6. The molecule has 0 amide bonds.